The molecule has 0 aliphatic heterocycles. The Kier molecular flexibility index (Phi) is 3.52. The number of hydrogen-bond donors (Lipinski definition) is 0. The van der Waals surface area contributed by atoms with E-state index in [2.05, 4.69) is 43.1 Å². The van der Waals surface area contributed by atoms with E-state index in [-0.39, 0.29) is 5.44 Å². The molecule has 0 fully saturated rings. The van der Waals surface area contributed by atoms with Crippen molar-refractivity contribution in [2.24, 2.45) is 0 Å². The molecule has 0 heterocycles. The van der Waals surface area contributed by atoms with Crippen LogP contribution in [-0.2, 0) is 0 Å². The molecule has 0 N–H and O–H groups in total. The monoisotopic (exact) mass is 212 g/mol. The van der Waals surface area contributed by atoms with Crippen LogP contribution >= 0.6 is 27.5 Å². The summed E-state index contributed by atoms with van der Waals surface area (Å²) in [6.45, 7) is 5.84. The number of hydrogen-bond acceptors (Lipinski definition) is 0. The maximum absolute atomic E-state index is 3.78. The lowest BCUT2D eigenvalue weighted by Gasteiger charge is -1.96. The summed E-state index contributed by atoms with van der Waals surface area (Å²) in [6.07, 6.45) is 0. The summed E-state index contributed by atoms with van der Waals surface area (Å²) in [5.74, 6) is 0. The fourth-order valence-electron chi connectivity index (χ4n) is 0. The molecule has 0 aromatic carbocycles. The van der Waals surface area contributed by atoms with E-state index in [9.17, 15) is 0 Å². The molecule has 0 saturated carbocycles. The highest BCUT2D eigenvalue weighted by Crippen LogP contribution is 2.46. The largest absolute Gasteiger partial charge is 0.152 e. The minimum absolute atomic E-state index is 0.116. The third-order valence-corrected chi connectivity index (χ3v) is 4.05. The van der Waals surface area contributed by atoms with Crippen molar-refractivity contribution in [2.45, 2.75) is 6.92 Å². The molecule has 0 nitrogen and oxygen atoms in total. The minimum Gasteiger partial charge on any atom is -0.0957 e. The lowest BCUT2D eigenvalue weighted by molar-refractivity contribution is 1.73. The molecule has 0 spiro atoms. The normalized spacial score (nSPS) is 13.7. The van der Waals surface area contributed by atoms with Crippen LogP contribution < -0.4 is 0 Å². The molecule has 0 radical (unpaired) electrons. The van der Waals surface area contributed by atoms with E-state index in [1.54, 1.807) is 0 Å². The lowest BCUT2D eigenvalue weighted by Crippen LogP contribution is -1.57. The van der Waals surface area contributed by atoms with Crippen LogP contribution in [0.5, 0.6) is 0 Å². The van der Waals surface area contributed by atoms with Crippen molar-refractivity contribution >= 4 is 35.0 Å². The van der Waals surface area contributed by atoms with Gasteiger partial charge in [-0.2, -0.15) is 0 Å². The molecule has 0 saturated heterocycles. The Morgan fingerprint density at radius 2 is 2.17 bits per heavy atom. The zero-order chi connectivity index (χ0) is 5.15. The van der Waals surface area contributed by atoms with Gasteiger partial charge in [0.2, 0.25) is 0 Å². The predicted molar refractivity (Wildman–Crippen MR) is 44.3 cm³/mol. The van der Waals surface area contributed by atoms with Gasteiger partial charge in [0, 0.05) is 0 Å². The van der Waals surface area contributed by atoms with Crippen LogP contribution in [0.25, 0.3) is 0 Å². The standard InChI is InChI=1S/C3H7BIP/c1-3(2)6(4)5/h1,4H2,2H3. The van der Waals surface area contributed by atoms with Gasteiger partial charge in [0.25, 0.3) is 0 Å². The zero-order valence-corrected chi connectivity index (χ0v) is 7.08. The Balaban J connectivity index is 3.26. The maximum atomic E-state index is 3.78. The first-order valence-electron chi connectivity index (χ1n) is 1.69. The van der Waals surface area contributed by atoms with Gasteiger partial charge in [0.1, 0.15) is 0 Å². The van der Waals surface area contributed by atoms with E-state index >= 15 is 0 Å². The number of allylic oxidation sites excluding steroid dienone is 1. The molecule has 0 amide bonds. The highest BCUT2D eigenvalue weighted by molar-refractivity contribution is 14.2. The second kappa shape index (κ2) is 3.03. The molecule has 0 aromatic heterocycles. The average Bonchev–Trinajstić information content (AvgIpc) is 1.36. The van der Waals surface area contributed by atoms with Gasteiger partial charge >= 0.3 is 0 Å². The molecule has 0 aliphatic carbocycles. The van der Waals surface area contributed by atoms with Crippen LogP contribution in [0.3, 0.4) is 0 Å². The summed E-state index contributed by atoms with van der Waals surface area (Å²) < 4.78 is 0. The van der Waals surface area contributed by atoms with Gasteiger partial charge in [-0.25, -0.2) is 0 Å². The van der Waals surface area contributed by atoms with Gasteiger partial charge in [-0.3, -0.25) is 0 Å². The Morgan fingerprint density at radius 1 is 2.00 bits per heavy atom. The van der Waals surface area contributed by atoms with E-state index in [0.717, 1.165) is 0 Å². The van der Waals surface area contributed by atoms with E-state index in [1.807, 2.05) is 0 Å². The molecule has 3 heteroatoms. The van der Waals surface area contributed by atoms with Crippen molar-refractivity contribution in [2.75, 3.05) is 0 Å². The molecular formula is C3H7BIP. The second-order valence-corrected chi connectivity index (χ2v) is 7.27. The third kappa shape index (κ3) is 3.17. The Hall–Kier alpha value is 0.965. The second-order valence-electron chi connectivity index (χ2n) is 1.21. The van der Waals surface area contributed by atoms with Crippen LogP contribution in [0.4, 0.5) is 0 Å². The van der Waals surface area contributed by atoms with Gasteiger partial charge in [0.05, 0.1) is 0 Å². The summed E-state index contributed by atoms with van der Waals surface area (Å²) in [6, 6.07) is 0. The predicted octanol–water partition coefficient (Wildman–Crippen LogP) is 1.90. The van der Waals surface area contributed by atoms with Crippen LogP contribution in [-0.4, -0.2) is 7.57 Å². The van der Waals surface area contributed by atoms with Crippen molar-refractivity contribution < 1.29 is 0 Å². The van der Waals surface area contributed by atoms with Crippen LogP contribution in [0.15, 0.2) is 11.9 Å². The topological polar surface area (TPSA) is 0 Å². The zero-order valence-electron chi connectivity index (χ0n) is 4.03. The fourth-order valence-corrected chi connectivity index (χ4v) is 0. The summed E-state index contributed by atoms with van der Waals surface area (Å²) >= 11 is 2.40. The van der Waals surface area contributed by atoms with Gasteiger partial charge in [-0.1, -0.05) is 39.4 Å². The van der Waals surface area contributed by atoms with Crippen LogP contribution in [0.1, 0.15) is 6.92 Å². The first-order chi connectivity index (χ1) is 2.64. The summed E-state index contributed by atoms with van der Waals surface area (Å²) in [4.78, 5) is 0. The quantitative estimate of drug-likeness (QED) is 0.353. The van der Waals surface area contributed by atoms with Crippen LogP contribution in [0.2, 0.25) is 0 Å². The van der Waals surface area contributed by atoms with E-state index in [1.165, 1.54) is 5.31 Å². The summed E-state index contributed by atoms with van der Waals surface area (Å²) in [7, 11) is 2.19. The highest BCUT2D eigenvalue weighted by atomic mass is 127. The molecule has 1 atom stereocenters. The van der Waals surface area contributed by atoms with Gasteiger partial charge < -0.3 is 0 Å². The summed E-state index contributed by atoms with van der Waals surface area (Å²) in [5.41, 5.74) is 0.116. The van der Waals surface area contributed by atoms with Crippen molar-refractivity contribution in [3.63, 3.8) is 0 Å². The molecule has 0 aromatic rings. The molecule has 6 heavy (non-hydrogen) atoms. The number of halogens is 1. The Bertz CT molecular complexity index is 61.8. The van der Waals surface area contributed by atoms with Gasteiger partial charge in [-0.05, 0) is 6.92 Å². The molecular weight excluding hydrogens is 205 g/mol. The SMILES string of the molecule is BP(I)C(=C)C. The van der Waals surface area contributed by atoms with Crippen molar-refractivity contribution in [1.29, 1.82) is 0 Å². The lowest BCUT2D eigenvalue weighted by atomic mass is 10.7. The first kappa shape index (κ1) is 6.96. The maximum Gasteiger partial charge on any atom is 0.152 e. The minimum atomic E-state index is 0.116. The van der Waals surface area contributed by atoms with Crippen molar-refractivity contribution in [3.05, 3.63) is 11.9 Å². The van der Waals surface area contributed by atoms with E-state index in [4.69, 9.17) is 0 Å². The smallest absolute Gasteiger partial charge is 0.0957 e. The van der Waals surface area contributed by atoms with Gasteiger partial charge in [0.15, 0.2) is 7.57 Å². The molecule has 1 unspecified atom stereocenters. The first-order valence-corrected chi connectivity index (χ1v) is 6.27. The summed E-state index contributed by atoms with van der Waals surface area (Å²) in [5, 5.41) is 1.31. The average molecular weight is 212 g/mol. The fraction of sp³-hybridized carbons (Fsp3) is 0.333. The Morgan fingerprint density at radius 3 is 2.17 bits per heavy atom. The van der Waals surface area contributed by atoms with Gasteiger partial charge in [-0.15, -0.1) is 0 Å². The number of rotatable bonds is 1. The molecule has 0 rings (SSSR count). The van der Waals surface area contributed by atoms with Crippen molar-refractivity contribution in [3.8, 4) is 0 Å². The third-order valence-electron chi connectivity index (χ3n) is 0.526. The van der Waals surface area contributed by atoms with Crippen molar-refractivity contribution in [1.82, 2.24) is 0 Å². The van der Waals surface area contributed by atoms with E-state index in [0.29, 0.717) is 0 Å². The van der Waals surface area contributed by atoms with Crippen LogP contribution in [0, 0.1) is 0 Å². The molecule has 0 aliphatic rings. The molecule has 34 valence electrons. The highest BCUT2D eigenvalue weighted by Gasteiger charge is 1.89. The molecule has 0 bridgehead atoms. The van der Waals surface area contributed by atoms with E-state index < -0.39 is 0 Å². The Labute approximate surface area is 54.0 Å².